The van der Waals surface area contributed by atoms with Crippen LogP contribution in [0.4, 0.5) is 0 Å². The zero-order chi connectivity index (χ0) is 20.8. The van der Waals surface area contributed by atoms with E-state index in [-0.39, 0.29) is 12.7 Å². The molecule has 1 aromatic carbocycles. The van der Waals surface area contributed by atoms with Crippen LogP contribution in [0.2, 0.25) is 0 Å². The van der Waals surface area contributed by atoms with E-state index in [1.807, 2.05) is 39.1 Å². The number of rotatable bonds is 9. The van der Waals surface area contributed by atoms with E-state index >= 15 is 0 Å². The number of nitrogens with one attached hydrogen (secondary N) is 1. The van der Waals surface area contributed by atoms with Crippen LogP contribution in [0.3, 0.4) is 0 Å². The monoisotopic (exact) mass is 413 g/mol. The Morgan fingerprint density at radius 3 is 3.00 bits per heavy atom. The minimum Gasteiger partial charge on any atom is -0.489 e. The number of nitrogens with two attached hydrogens (primary N) is 1. The Bertz CT molecular complexity index is 886. The van der Waals surface area contributed by atoms with Crippen molar-refractivity contribution in [3.63, 3.8) is 0 Å². The summed E-state index contributed by atoms with van der Waals surface area (Å²) in [4.78, 5) is 5.81. The van der Waals surface area contributed by atoms with Crippen LogP contribution in [-0.2, 0) is 17.6 Å². The molecule has 0 amide bonds. The number of hydrogen-bond donors (Lipinski definition) is 3. The number of thiazole rings is 1. The predicted octanol–water partition coefficient (Wildman–Crippen LogP) is 4.09. The van der Waals surface area contributed by atoms with Crippen molar-refractivity contribution in [2.45, 2.75) is 52.2 Å². The van der Waals surface area contributed by atoms with Crippen LogP contribution in [0.1, 0.15) is 49.4 Å². The Kier molecular flexibility index (Phi) is 7.47. The van der Waals surface area contributed by atoms with Gasteiger partial charge in [0.1, 0.15) is 5.76 Å². The summed E-state index contributed by atoms with van der Waals surface area (Å²) in [5.74, 6) is 0.721. The first kappa shape index (κ1) is 21.6. The van der Waals surface area contributed by atoms with E-state index in [2.05, 4.69) is 28.5 Å². The van der Waals surface area contributed by atoms with Gasteiger partial charge in [-0.3, -0.25) is 0 Å². The number of benzene rings is 1. The number of hydrogen-bond acceptors (Lipinski definition) is 6. The fraction of sp³-hybridized carbons (Fsp3) is 0.435. The molecule has 6 heteroatoms. The smallest absolute Gasteiger partial charge is 0.137 e. The molecule has 5 nitrogen and oxygen atoms in total. The topological polar surface area (TPSA) is 80.4 Å². The fourth-order valence-corrected chi connectivity index (χ4v) is 4.65. The van der Waals surface area contributed by atoms with Crippen molar-refractivity contribution in [3.8, 4) is 10.4 Å². The van der Waals surface area contributed by atoms with Crippen molar-refractivity contribution < 1.29 is 9.84 Å². The second kappa shape index (κ2) is 10.1. The molecule has 1 aliphatic rings. The minimum atomic E-state index is 0.0930. The molecule has 1 aliphatic carbocycles. The molecule has 0 bridgehead atoms. The molecular formula is C23H31N3O2S. The molecule has 2 aromatic rings. The van der Waals surface area contributed by atoms with Gasteiger partial charge in [-0.2, -0.15) is 0 Å². The highest BCUT2D eigenvalue weighted by molar-refractivity contribution is 7.15. The molecule has 1 aromatic heterocycles. The molecule has 156 valence electrons. The van der Waals surface area contributed by atoms with Gasteiger partial charge in [0.05, 0.1) is 28.3 Å². The first-order valence-corrected chi connectivity index (χ1v) is 11.0. The van der Waals surface area contributed by atoms with E-state index in [0.717, 1.165) is 23.6 Å². The van der Waals surface area contributed by atoms with Gasteiger partial charge in [-0.25, -0.2) is 4.98 Å². The molecule has 0 aliphatic heterocycles. The first-order chi connectivity index (χ1) is 14.0. The number of aliphatic hydroxyl groups is 1. The molecule has 1 atom stereocenters. The lowest BCUT2D eigenvalue weighted by Crippen LogP contribution is -2.22. The maximum atomic E-state index is 9.10. The largest absolute Gasteiger partial charge is 0.489 e. The molecule has 0 fully saturated rings. The highest BCUT2D eigenvalue weighted by atomic mass is 32.1. The molecule has 29 heavy (non-hydrogen) atoms. The van der Waals surface area contributed by atoms with E-state index in [0.29, 0.717) is 24.7 Å². The summed E-state index contributed by atoms with van der Waals surface area (Å²) in [6, 6.07) is 6.82. The van der Waals surface area contributed by atoms with E-state index < -0.39 is 0 Å². The van der Waals surface area contributed by atoms with Gasteiger partial charge in [-0.05, 0) is 56.4 Å². The molecule has 0 saturated carbocycles. The number of aromatic nitrogens is 1. The Hall–Kier alpha value is -2.15. The van der Waals surface area contributed by atoms with Gasteiger partial charge in [0.15, 0.2) is 0 Å². The molecule has 0 radical (unpaired) electrons. The lowest BCUT2D eigenvalue weighted by Gasteiger charge is -2.13. The zero-order valence-corrected chi connectivity index (χ0v) is 18.3. The van der Waals surface area contributed by atoms with Crippen LogP contribution < -0.4 is 11.1 Å². The Labute approximate surface area is 177 Å². The first-order valence-electron chi connectivity index (χ1n) is 10.2. The van der Waals surface area contributed by atoms with E-state index in [4.69, 9.17) is 15.6 Å². The standard InChI is InChI=1S/C23H31N3O2S/c1-4-21(28-15(2)3)19(24)9-11-23-26-14-22(29-23)18-7-5-6-17-16(18)8-10-20(17)25-12-13-27/h4-7,9,14-15,20,25,27H,8,10-13,24H2,1-3H3/b19-9+,21-4+/t20-/m0/s1. The van der Waals surface area contributed by atoms with E-state index in [1.165, 1.54) is 21.6 Å². The number of fused-ring (bicyclic) bond motifs is 1. The molecular weight excluding hydrogens is 382 g/mol. The van der Waals surface area contributed by atoms with Gasteiger partial charge in [-0.1, -0.05) is 24.3 Å². The van der Waals surface area contributed by atoms with Gasteiger partial charge in [0.2, 0.25) is 0 Å². The van der Waals surface area contributed by atoms with Crippen LogP contribution in [0.15, 0.2) is 48.0 Å². The molecule has 1 heterocycles. The molecule has 0 unspecified atom stereocenters. The summed E-state index contributed by atoms with van der Waals surface area (Å²) >= 11 is 1.71. The number of allylic oxidation sites excluding steroid dienone is 2. The SMILES string of the molecule is C/C=C(OC(C)C)\C(N)=C/Cc1ncc(-c2cccc3c2CC[C@@H]3NCCO)s1. The molecule has 0 spiro atoms. The summed E-state index contributed by atoms with van der Waals surface area (Å²) in [7, 11) is 0. The van der Waals surface area contributed by atoms with Crippen molar-refractivity contribution in [2.24, 2.45) is 5.73 Å². The lowest BCUT2D eigenvalue weighted by molar-refractivity contribution is 0.153. The Morgan fingerprint density at radius 1 is 1.45 bits per heavy atom. The van der Waals surface area contributed by atoms with Gasteiger partial charge >= 0.3 is 0 Å². The maximum absolute atomic E-state index is 9.10. The van der Waals surface area contributed by atoms with Crippen molar-refractivity contribution in [1.29, 1.82) is 0 Å². The number of aliphatic hydroxyl groups excluding tert-OH is 1. The number of ether oxygens (including phenoxy) is 1. The third-order valence-electron chi connectivity index (χ3n) is 5.00. The Balaban J connectivity index is 1.74. The van der Waals surface area contributed by atoms with Gasteiger partial charge in [-0.15, -0.1) is 11.3 Å². The second-order valence-electron chi connectivity index (χ2n) is 7.44. The van der Waals surface area contributed by atoms with E-state index in [1.54, 1.807) is 11.3 Å². The average molecular weight is 414 g/mol. The second-order valence-corrected chi connectivity index (χ2v) is 8.56. The lowest BCUT2D eigenvalue weighted by atomic mass is 10.0. The van der Waals surface area contributed by atoms with E-state index in [9.17, 15) is 0 Å². The summed E-state index contributed by atoms with van der Waals surface area (Å²) in [5.41, 5.74) is 10.9. The predicted molar refractivity (Wildman–Crippen MR) is 120 cm³/mol. The summed E-state index contributed by atoms with van der Waals surface area (Å²) < 4.78 is 5.74. The third kappa shape index (κ3) is 5.26. The number of nitrogens with zero attached hydrogens (tertiary/aromatic N) is 1. The normalized spacial score (nSPS) is 17.1. The van der Waals surface area contributed by atoms with Crippen LogP contribution in [-0.4, -0.2) is 29.3 Å². The van der Waals surface area contributed by atoms with Crippen LogP contribution in [0.5, 0.6) is 0 Å². The van der Waals surface area contributed by atoms with Crippen LogP contribution in [0.25, 0.3) is 10.4 Å². The molecule has 4 N–H and O–H groups in total. The zero-order valence-electron chi connectivity index (χ0n) is 17.4. The third-order valence-corrected chi connectivity index (χ3v) is 6.05. The van der Waals surface area contributed by atoms with Gasteiger partial charge in [0, 0.05) is 25.2 Å². The maximum Gasteiger partial charge on any atom is 0.137 e. The Morgan fingerprint density at radius 2 is 2.28 bits per heavy atom. The highest BCUT2D eigenvalue weighted by Gasteiger charge is 2.24. The van der Waals surface area contributed by atoms with Gasteiger partial charge in [0.25, 0.3) is 0 Å². The quantitative estimate of drug-likeness (QED) is 0.426. The molecule has 3 rings (SSSR count). The summed E-state index contributed by atoms with van der Waals surface area (Å²) in [6.07, 6.45) is 8.74. The van der Waals surface area contributed by atoms with Crippen molar-refractivity contribution >= 4 is 11.3 Å². The average Bonchev–Trinajstić information content (AvgIpc) is 3.35. The fourth-order valence-electron chi connectivity index (χ4n) is 3.72. The van der Waals surface area contributed by atoms with Gasteiger partial charge < -0.3 is 20.9 Å². The van der Waals surface area contributed by atoms with Crippen molar-refractivity contribution in [1.82, 2.24) is 10.3 Å². The summed E-state index contributed by atoms with van der Waals surface area (Å²) in [5, 5.41) is 13.6. The van der Waals surface area contributed by atoms with Crippen molar-refractivity contribution in [3.05, 3.63) is 64.1 Å². The summed E-state index contributed by atoms with van der Waals surface area (Å²) in [6.45, 7) is 6.70. The highest BCUT2D eigenvalue weighted by Crippen LogP contribution is 2.39. The minimum absolute atomic E-state index is 0.0930. The van der Waals surface area contributed by atoms with Crippen molar-refractivity contribution in [2.75, 3.05) is 13.2 Å². The van der Waals surface area contributed by atoms with Crippen LogP contribution in [0, 0.1) is 0 Å². The van der Waals surface area contributed by atoms with Crippen LogP contribution >= 0.6 is 11.3 Å². The molecule has 0 saturated heterocycles.